The topological polar surface area (TPSA) is 49.6 Å². The third-order valence-corrected chi connectivity index (χ3v) is 13.7. The molecule has 4 nitrogen and oxygen atoms in total. The zero-order valence-electron chi connectivity index (χ0n) is 30.6. The zero-order valence-corrected chi connectivity index (χ0v) is 32.2. The summed E-state index contributed by atoms with van der Waals surface area (Å²) in [5, 5.41) is 15.2. The Morgan fingerprint density at radius 3 is 2.04 bits per heavy atom. The number of furan rings is 1. The number of hydrogen-bond donors (Lipinski definition) is 2. The quantitative estimate of drug-likeness (QED) is 0.183. The Balaban J connectivity index is 1.11. The zero-order chi connectivity index (χ0) is 37.5. The summed E-state index contributed by atoms with van der Waals surface area (Å²) in [7, 11) is 0. The molecule has 1 aliphatic heterocycles. The number of benzene rings is 8. The third kappa shape index (κ3) is 5.33. The van der Waals surface area contributed by atoms with Crippen molar-refractivity contribution in [3.8, 4) is 22.3 Å². The van der Waals surface area contributed by atoms with Gasteiger partial charge in [0.05, 0.1) is 0 Å². The highest BCUT2D eigenvalue weighted by Crippen LogP contribution is 2.46. The van der Waals surface area contributed by atoms with Crippen LogP contribution in [0.25, 0.3) is 84.5 Å². The van der Waals surface area contributed by atoms with E-state index in [9.17, 15) is 0 Å². The molecule has 0 amide bonds. The van der Waals surface area contributed by atoms with E-state index in [0.717, 1.165) is 55.6 Å². The van der Waals surface area contributed by atoms with Crippen LogP contribution in [0.2, 0.25) is 0 Å². The fraction of sp³-hybridized carbons (Fsp3) is 0.0392. The highest BCUT2D eigenvalue weighted by Gasteiger charge is 2.31. The first-order valence-corrected chi connectivity index (χ1v) is 20.9. The molecule has 57 heavy (non-hydrogen) atoms. The van der Waals surface area contributed by atoms with Crippen LogP contribution in [-0.2, 0) is 0 Å². The number of para-hydroxylation sites is 1. The highest BCUT2D eigenvalue weighted by atomic mass is 32.1. The summed E-state index contributed by atoms with van der Waals surface area (Å²) in [6.07, 6.45) is -0.666. The Kier molecular flexibility index (Phi) is 7.45. The van der Waals surface area contributed by atoms with Gasteiger partial charge in [0, 0.05) is 62.2 Å². The minimum atomic E-state index is -0.426. The molecule has 0 fully saturated rings. The maximum Gasteiger partial charge on any atom is 0.135 e. The van der Waals surface area contributed by atoms with E-state index in [-0.39, 0.29) is 6.17 Å². The summed E-state index contributed by atoms with van der Waals surface area (Å²) in [6.45, 7) is 0. The highest BCUT2D eigenvalue weighted by molar-refractivity contribution is 7.26. The van der Waals surface area contributed by atoms with E-state index in [4.69, 9.17) is 9.41 Å². The first-order valence-electron chi connectivity index (χ1n) is 19.3. The molecule has 0 saturated carbocycles. The lowest BCUT2D eigenvalue weighted by Crippen LogP contribution is -2.45. The molecule has 11 aromatic rings. The second kappa shape index (κ2) is 13.0. The van der Waals surface area contributed by atoms with Crippen molar-refractivity contribution in [2.45, 2.75) is 12.3 Å². The van der Waals surface area contributed by atoms with Crippen LogP contribution in [0.5, 0.6) is 0 Å². The first-order chi connectivity index (χ1) is 28.2. The van der Waals surface area contributed by atoms with E-state index in [1.807, 2.05) is 28.7 Å². The molecule has 12 rings (SSSR count). The molecule has 6 heteroatoms. The van der Waals surface area contributed by atoms with Gasteiger partial charge in [-0.2, -0.15) is 0 Å². The standard InChI is InChI=1S/C51H33N3OS2/c1-2-12-30(13-3-1)31-14-10-15-32(28-31)49-52-50(33-24-25-35-34-16-5-8-21-42(34)57-45(35)29-33)54-51(53-49)48-37(26-27-41-47(48)38-17-4-7-20-40(38)55-41)36-19-11-23-44-46(36)39-18-6-9-22-43(39)56-44/h1-29,50-51,54H,(H,52,53). The SMILES string of the molecule is c1ccc(-c2cccc(C3=NC(c4c(-c5cccc6sc7ccccc7c56)ccc5oc6ccccc6c45)NC(c4ccc5c(c4)sc4ccccc45)N3)c2)cc1. The number of fused-ring (bicyclic) bond motifs is 9. The van der Waals surface area contributed by atoms with Gasteiger partial charge in [-0.05, 0) is 70.3 Å². The molecule has 0 radical (unpaired) electrons. The van der Waals surface area contributed by atoms with Gasteiger partial charge in [-0.15, -0.1) is 22.7 Å². The van der Waals surface area contributed by atoms with Crippen molar-refractivity contribution in [1.82, 2.24) is 10.6 Å². The number of hydrogen-bond acceptors (Lipinski definition) is 6. The second-order valence-electron chi connectivity index (χ2n) is 14.7. The fourth-order valence-corrected chi connectivity index (χ4v) is 11.1. The van der Waals surface area contributed by atoms with Crippen LogP contribution >= 0.6 is 22.7 Å². The Morgan fingerprint density at radius 2 is 1.14 bits per heavy atom. The normalized spacial score (nSPS) is 15.9. The maximum absolute atomic E-state index is 6.59. The van der Waals surface area contributed by atoms with E-state index in [1.165, 1.54) is 51.5 Å². The molecule has 2 N–H and O–H groups in total. The van der Waals surface area contributed by atoms with Crippen molar-refractivity contribution in [3.63, 3.8) is 0 Å². The number of amidine groups is 1. The monoisotopic (exact) mass is 767 g/mol. The van der Waals surface area contributed by atoms with Crippen molar-refractivity contribution in [2.75, 3.05) is 0 Å². The number of rotatable bonds is 5. The summed E-state index contributed by atoms with van der Waals surface area (Å²) in [4.78, 5) is 5.64. The predicted octanol–water partition coefficient (Wildman–Crippen LogP) is 14.0. The molecular formula is C51H33N3OS2. The number of thiophene rings is 2. The smallest absolute Gasteiger partial charge is 0.135 e. The van der Waals surface area contributed by atoms with Gasteiger partial charge in [0.1, 0.15) is 29.3 Å². The fourth-order valence-electron chi connectivity index (χ4n) is 8.78. The molecule has 3 aromatic heterocycles. The number of nitrogens with one attached hydrogen (secondary N) is 2. The minimum Gasteiger partial charge on any atom is -0.456 e. The van der Waals surface area contributed by atoms with Crippen molar-refractivity contribution >= 4 is 90.8 Å². The summed E-state index contributed by atoms with van der Waals surface area (Å²) >= 11 is 3.69. The third-order valence-electron chi connectivity index (χ3n) is 11.4. The van der Waals surface area contributed by atoms with Crippen LogP contribution in [0.15, 0.2) is 185 Å². The maximum atomic E-state index is 6.59. The van der Waals surface area contributed by atoms with Gasteiger partial charge in [0.15, 0.2) is 0 Å². The Bertz CT molecular complexity index is 3390. The van der Waals surface area contributed by atoms with Gasteiger partial charge < -0.3 is 9.73 Å². The largest absolute Gasteiger partial charge is 0.456 e. The van der Waals surface area contributed by atoms with E-state index in [0.29, 0.717) is 0 Å². The van der Waals surface area contributed by atoms with Crippen molar-refractivity contribution in [1.29, 1.82) is 0 Å². The molecule has 0 spiro atoms. The summed E-state index contributed by atoms with van der Waals surface area (Å²) < 4.78 is 11.7. The van der Waals surface area contributed by atoms with Crippen LogP contribution in [0.3, 0.4) is 0 Å². The molecule has 0 aliphatic carbocycles. The lowest BCUT2D eigenvalue weighted by molar-refractivity contribution is 0.411. The summed E-state index contributed by atoms with van der Waals surface area (Å²) in [6, 6.07) is 63.1. The molecule has 2 unspecified atom stereocenters. The molecule has 0 saturated heterocycles. The van der Waals surface area contributed by atoms with Gasteiger partial charge in [-0.1, -0.05) is 133 Å². The van der Waals surface area contributed by atoms with Gasteiger partial charge >= 0.3 is 0 Å². The first kappa shape index (κ1) is 32.7. The van der Waals surface area contributed by atoms with Crippen molar-refractivity contribution in [3.05, 3.63) is 193 Å². The molecule has 8 aromatic carbocycles. The van der Waals surface area contributed by atoms with Crippen LogP contribution in [0, 0.1) is 0 Å². The average Bonchev–Trinajstić information content (AvgIpc) is 3.97. The van der Waals surface area contributed by atoms with Crippen LogP contribution < -0.4 is 10.6 Å². The summed E-state index contributed by atoms with van der Waals surface area (Å²) in [5.41, 5.74) is 9.66. The average molecular weight is 768 g/mol. The number of aliphatic imine (C=N–C) groups is 1. The lowest BCUT2D eigenvalue weighted by atomic mass is 9.90. The van der Waals surface area contributed by atoms with Gasteiger partial charge in [-0.25, -0.2) is 4.99 Å². The van der Waals surface area contributed by atoms with Gasteiger partial charge in [-0.3, -0.25) is 5.32 Å². The Labute approximate surface area is 336 Å². The van der Waals surface area contributed by atoms with Crippen LogP contribution in [0.1, 0.15) is 29.0 Å². The van der Waals surface area contributed by atoms with E-state index >= 15 is 0 Å². The predicted molar refractivity (Wildman–Crippen MR) is 242 cm³/mol. The molecule has 1 aliphatic rings. The Hall–Kier alpha value is -6.57. The van der Waals surface area contributed by atoms with Crippen LogP contribution in [0.4, 0.5) is 0 Å². The Morgan fingerprint density at radius 1 is 0.456 bits per heavy atom. The van der Waals surface area contributed by atoms with Gasteiger partial charge in [0.2, 0.25) is 0 Å². The summed E-state index contributed by atoms with van der Waals surface area (Å²) in [5.74, 6) is 0.841. The van der Waals surface area contributed by atoms with Crippen molar-refractivity contribution in [2.24, 2.45) is 4.99 Å². The molecular weight excluding hydrogens is 735 g/mol. The van der Waals surface area contributed by atoms with Crippen molar-refractivity contribution < 1.29 is 4.42 Å². The lowest BCUT2D eigenvalue weighted by Gasteiger charge is -2.33. The number of nitrogens with zero attached hydrogens (tertiary/aromatic N) is 1. The minimum absolute atomic E-state index is 0.239. The van der Waals surface area contributed by atoms with E-state index in [2.05, 4.69) is 180 Å². The molecule has 2 atom stereocenters. The van der Waals surface area contributed by atoms with Crippen LogP contribution in [-0.4, -0.2) is 5.84 Å². The second-order valence-corrected chi connectivity index (χ2v) is 16.9. The van der Waals surface area contributed by atoms with E-state index < -0.39 is 6.17 Å². The molecule has 0 bridgehead atoms. The molecule has 270 valence electrons. The van der Waals surface area contributed by atoms with Gasteiger partial charge in [0.25, 0.3) is 0 Å². The van der Waals surface area contributed by atoms with E-state index in [1.54, 1.807) is 0 Å². The molecule has 4 heterocycles.